The molecule has 1 rings (SSSR count). The summed E-state index contributed by atoms with van der Waals surface area (Å²) in [7, 11) is 2.72. The van der Waals surface area contributed by atoms with Crippen molar-refractivity contribution in [1.29, 1.82) is 0 Å². The summed E-state index contributed by atoms with van der Waals surface area (Å²) in [6.45, 7) is 3.82. The standard InChI is InChI=1S/C8H17BN2O3/c1-9(13)11-5-4-10(2)6-7(11)8(12)14-3/h7,13H,4-6H2,1-3H3/t7-/m1/s1. The van der Waals surface area contributed by atoms with Crippen molar-refractivity contribution in [2.75, 3.05) is 33.8 Å². The number of likely N-dealkylation sites (N-methyl/N-ethyl adjacent to an activating group) is 1. The van der Waals surface area contributed by atoms with Crippen LogP contribution in [0.5, 0.6) is 0 Å². The van der Waals surface area contributed by atoms with Gasteiger partial charge in [-0.1, -0.05) is 0 Å². The first-order valence-corrected chi connectivity index (χ1v) is 4.76. The van der Waals surface area contributed by atoms with Crippen molar-refractivity contribution in [3.8, 4) is 0 Å². The van der Waals surface area contributed by atoms with E-state index in [0.717, 1.165) is 6.54 Å². The van der Waals surface area contributed by atoms with E-state index in [1.807, 2.05) is 7.05 Å². The Morgan fingerprint density at radius 1 is 1.57 bits per heavy atom. The van der Waals surface area contributed by atoms with Crippen LogP contribution in [0.2, 0.25) is 6.82 Å². The Morgan fingerprint density at radius 2 is 2.21 bits per heavy atom. The summed E-state index contributed by atoms with van der Waals surface area (Å²) in [5, 5.41) is 9.48. The van der Waals surface area contributed by atoms with Crippen LogP contribution in [0.3, 0.4) is 0 Å². The van der Waals surface area contributed by atoms with E-state index in [1.54, 1.807) is 11.6 Å². The Hall–Kier alpha value is -0.585. The number of carbonyl (C=O) groups excluding carboxylic acids is 1. The third-order valence-corrected chi connectivity index (χ3v) is 2.58. The second-order valence-corrected chi connectivity index (χ2v) is 3.67. The number of hydrogen-bond acceptors (Lipinski definition) is 5. The summed E-state index contributed by atoms with van der Waals surface area (Å²) in [5.74, 6) is -0.280. The fourth-order valence-electron chi connectivity index (χ4n) is 1.73. The first-order chi connectivity index (χ1) is 6.56. The zero-order valence-electron chi connectivity index (χ0n) is 8.93. The summed E-state index contributed by atoms with van der Waals surface area (Å²) >= 11 is 0. The smallest absolute Gasteiger partial charge is 0.377 e. The van der Waals surface area contributed by atoms with Crippen molar-refractivity contribution < 1.29 is 14.6 Å². The lowest BCUT2D eigenvalue weighted by Gasteiger charge is -2.38. The predicted molar refractivity (Wildman–Crippen MR) is 53.8 cm³/mol. The first kappa shape index (κ1) is 11.5. The van der Waals surface area contributed by atoms with Gasteiger partial charge >= 0.3 is 13.0 Å². The van der Waals surface area contributed by atoms with Crippen molar-refractivity contribution in [3.63, 3.8) is 0 Å². The zero-order chi connectivity index (χ0) is 10.7. The fourth-order valence-corrected chi connectivity index (χ4v) is 1.73. The molecule has 1 saturated heterocycles. The summed E-state index contributed by atoms with van der Waals surface area (Å²) in [6, 6.07) is -0.348. The van der Waals surface area contributed by atoms with Crippen molar-refractivity contribution in [2.45, 2.75) is 12.9 Å². The molecule has 0 unspecified atom stereocenters. The second-order valence-electron chi connectivity index (χ2n) is 3.67. The number of methoxy groups -OCH3 is 1. The molecule has 1 N–H and O–H groups in total. The largest absolute Gasteiger partial charge is 0.468 e. The average Bonchev–Trinajstić information content (AvgIpc) is 2.16. The molecule has 80 valence electrons. The fraction of sp³-hybridized carbons (Fsp3) is 0.875. The van der Waals surface area contributed by atoms with Crippen molar-refractivity contribution in [2.24, 2.45) is 0 Å². The quantitative estimate of drug-likeness (QED) is 0.452. The third-order valence-electron chi connectivity index (χ3n) is 2.58. The average molecular weight is 200 g/mol. The molecule has 0 amide bonds. The van der Waals surface area contributed by atoms with Crippen LogP contribution in [0.4, 0.5) is 0 Å². The number of nitrogens with zero attached hydrogens (tertiary/aromatic N) is 2. The van der Waals surface area contributed by atoms with E-state index in [2.05, 4.69) is 4.90 Å². The van der Waals surface area contributed by atoms with Crippen LogP contribution in [-0.4, -0.2) is 67.6 Å². The Kier molecular flexibility index (Phi) is 3.91. The van der Waals surface area contributed by atoms with Crippen molar-refractivity contribution in [1.82, 2.24) is 9.71 Å². The van der Waals surface area contributed by atoms with E-state index < -0.39 is 7.05 Å². The van der Waals surface area contributed by atoms with Crippen LogP contribution in [0.15, 0.2) is 0 Å². The van der Waals surface area contributed by atoms with Crippen LogP contribution >= 0.6 is 0 Å². The van der Waals surface area contributed by atoms with Gasteiger partial charge in [-0.25, -0.2) is 0 Å². The van der Waals surface area contributed by atoms with Gasteiger partial charge in [-0.15, -0.1) is 0 Å². The van der Waals surface area contributed by atoms with Gasteiger partial charge in [0.25, 0.3) is 0 Å². The molecule has 0 aromatic heterocycles. The Morgan fingerprint density at radius 3 is 2.71 bits per heavy atom. The molecule has 14 heavy (non-hydrogen) atoms. The maximum atomic E-state index is 11.4. The molecule has 0 bridgehead atoms. The number of rotatable bonds is 2. The molecule has 0 radical (unpaired) electrons. The predicted octanol–water partition coefficient (Wildman–Crippen LogP) is -1.11. The van der Waals surface area contributed by atoms with Gasteiger partial charge in [0.05, 0.1) is 7.11 Å². The van der Waals surface area contributed by atoms with Crippen LogP contribution in [0.1, 0.15) is 0 Å². The highest BCUT2D eigenvalue weighted by atomic mass is 16.5. The Balaban J connectivity index is 2.68. The number of esters is 1. The van der Waals surface area contributed by atoms with Gasteiger partial charge in [0, 0.05) is 19.6 Å². The van der Waals surface area contributed by atoms with Crippen molar-refractivity contribution in [3.05, 3.63) is 0 Å². The molecule has 0 aliphatic carbocycles. The summed E-state index contributed by atoms with van der Waals surface area (Å²) in [5.41, 5.74) is 0. The molecule has 1 aliphatic heterocycles. The minimum absolute atomic E-state index is 0.280. The molecule has 0 saturated carbocycles. The SMILES string of the molecule is COC(=O)[C@H]1CN(C)CCN1B(C)O. The van der Waals surface area contributed by atoms with E-state index >= 15 is 0 Å². The van der Waals surface area contributed by atoms with E-state index in [4.69, 9.17) is 4.74 Å². The second kappa shape index (κ2) is 4.77. The lowest BCUT2D eigenvalue weighted by molar-refractivity contribution is -0.147. The Bertz CT molecular complexity index is 213. The van der Waals surface area contributed by atoms with Gasteiger partial charge in [-0.2, -0.15) is 0 Å². The van der Waals surface area contributed by atoms with Crippen LogP contribution in [0, 0.1) is 0 Å². The maximum Gasteiger partial charge on any atom is 0.377 e. The molecular formula is C8H17BN2O3. The molecule has 0 spiro atoms. The maximum absolute atomic E-state index is 11.4. The topological polar surface area (TPSA) is 53.0 Å². The van der Waals surface area contributed by atoms with Crippen LogP contribution < -0.4 is 0 Å². The normalized spacial score (nSPS) is 24.7. The highest BCUT2D eigenvalue weighted by molar-refractivity contribution is 6.45. The molecule has 1 aliphatic rings. The minimum atomic E-state index is -0.604. The van der Waals surface area contributed by atoms with Gasteiger partial charge in [-0.05, 0) is 13.9 Å². The molecule has 0 aromatic carbocycles. The molecule has 1 fully saturated rings. The van der Waals surface area contributed by atoms with E-state index in [-0.39, 0.29) is 12.0 Å². The molecular weight excluding hydrogens is 183 g/mol. The van der Waals surface area contributed by atoms with Gasteiger partial charge in [0.1, 0.15) is 6.04 Å². The number of ether oxygens (including phenoxy) is 1. The highest BCUT2D eigenvalue weighted by Gasteiger charge is 2.35. The minimum Gasteiger partial charge on any atom is -0.468 e. The summed E-state index contributed by atoms with van der Waals surface area (Å²) < 4.78 is 4.70. The zero-order valence-corrected chi connectivity index (χ0v) is 8.93. The van der Waals surface area contributed by atoms with Crippen LogP contribution in [0.25, 0.3) is 0 Å². The lowest BCUT2D eigenvalue weighted by atomic mass is 9.82. The molecule has 1 atom stereocenters. The molecule has 0 aromatic rings. The first-order valence-electron chi connectivity index (χ1n) is 4.76. The third kappa shape index (κ3) is 2.46. The molecule has 6 heteroatoms. The lowest BCUT2D eigenvalue weighted by Crippen LogP contribution is -2.59. The van der Waals surface area contributed by atoms with E-state index in [9.17, 15) is 9.82 Å². The summed E-state index contributed by atoms with van der Waals surface area (Å²) in [4.78, 5) is 15.2. The van der Waals surface area contributed by atoms with Gasteiger partial charge in [0.15, 0.2) is 0 Å². The van der Waals surface area contributed by atoms with Gasteiger partial charge in [-0.3, -0.25) is 4.79 Å². The van der Waals surface area contributed by atoms with E-state index in [0.29, 0.717) is 13.1 Å². The molecule has 5 nitrogen and oxygen atoms in total. The number of carbonyl (C=O) groups is 1. The summed E-state index contributed by atoms with van der Waals surface area (Å²) in [6.07, 6.45) is 0. The number of hydrogen-bond donors (Lipinski definition) is 1. The monoisotopic (exact) mass is 200 g/mol. The number of piperazine rings is 1. The van der Waals surface area contributed by atoms with Crippen molar-refractivity contribution >= 4 is 13.0 Å². The van der Waals surface area contributed by atoms with E-state index in [1.165, 1.54) is 7.11 Å². The van der Waals surface area contributed by atoms with Gasteiger partial charge < -0.3 is 19.5 Å². The molecule has 1 heterocycles. The van der Waals surface area contributed by atoms with Crippen LogP contribution in [-0.2, 0) is 9.53 Å². The highest BCUT2D eigenvalue weighted by Crippen LogP contribution is 2.10. The Labute approximate surface area is 84.8 Å². The van der Waals surface area contributed by atoms with Gasteiger partial charge in [0.2, 0.25) is 0 Å².